The highest BCUT2D eigenvalue weighted by atomic mass is 35.5. The van der Waals surface area contributed by atoms with Gasteiger partial charge >= 0.3 is 5.51 Å². The number of halogens is 4. The molecule has 0 amide bonds. The summed E-state index contributed by atoms with van der Waals surface area (Å²) >= 11 is 6.00. The molecule has 0 spiro atoms. The van der Waals surface area contributed by atoms with Crippen molar-refractivity contribution in [3.63, 3.8) is 0 Å². The fraction of sp³-hybridized carbons (Fsp3) is 0.0667. The minimum Gasteiger partial charge on any atom is -0.456 e. The number of alkyl halides is 3. The Morgan fingerprint density at radius 1 is 1.19 bits per heavy atom. The largest absolute Gasteiger partial charge is 0.501 e. The van der Waals surface area contributed by atoms with E-state index in [-0.39, 0.29) is 33.1 Å². The van der Waals surface area contributed by atoms with Crippen molar-refractivity contribution in [1.82, 2.24) is 10.2 Å². The summed E-state index contributed by atoms with van der Waals surface area (Å²) < 4.78 is 67.5. The van der Waals surface area contributed by atoms with Gasteiger partial charge in [-0.3, -0.25) is 5.10 Å². The summed E-state index contributed by atoms with van der Waals surface area (Å²) in [5.74, 6) is 0.119. The molecule has 0 saturated carbocycles. The Morgan fingerprint density at radius 3 is 2.58 bits per heavy atom. The van der Waals surface area contributed by atoms with Crippen molar-refractivity contribution >= 4 is 38.0 Å². The van der Waals surface area contributed by atoms with Crippen LogP contribution in [0.5, 0.6) is 11.5 Å². The van der Waals surface area contributed by atoms with E-state index < -0.39 is 20.2 Å². The number of rotatable bonds is 3. The summed E-state index contributed by atoms with van der Waals surface area (Å²) in [5.41, 5.74) is -5.57. The van der Waals surface area contributed by atoms with Crippen molar-refractivity contribution in [3.8, 4) is 11.5 Å². The van der Waals surface area contributed by atoms with Crippen molar-refractivity contribution in [2.75, 3.05) is 0 Å². The zero-order chi connectivity index (χ0) is 19.1. The van der Waals surface area contributed by atoms with Gasteiger partial charge in [-0.15, -0.1) is 0 Å². The first-order chi connectivity index (χ1) is 12.1. The Morgan fingerprint density at radius 2 is 1.92 bits per heavy atom. The summed E-state index contributed by atoms with van der Waals surface area (Å²) in [5, 5.41) is 6.02. The maximum absolute atomic E-state index is 12.8. The number of nitrogens with one attached hydrogen (secondary N) is 1. The average Bonchev–Trinajstić information content (AvgIpc) is 3.05. The van der Waals surface area contributed by atoms with E-state index in [9.17, 15) is 21.6 Å². The molecule has 0 radical (unpaired) electrons. The first kappa shape index (κ1) is 18.0. The smallest absolute Gasteiger partial charge is 0.456 e. The molecule has 6 nitrogen and oxygen atoms in total. The van der Waals surface area contributed by atoms with Gasteiger partial charge in [0.1, 0.15) is 16.4 Å². The van der Waals surface area contributed by atoms with E-state index in [4.69, 9.17) is 22.9 Å². The van der Waals surface area contributed by atoms with Gasteiger partial charge in [-0.25, -0.2) is 13.3 Å². The fourth-order valence-corrected chi connectivity index (χ4v) is 3.26. The summed E-state index contributed by atoms with van der Waals surface area (Å²) in [7, 11) is -5.57. The van der Waals surface area contributed by atoms with Crippen LogP contribution in [-0.2, 0) is 9.84 Å². The Kier molecular flexibility index (Phi) is 4.29. The van der Waals surface area contributed by atoms with Crippen LogP contribution in [0.4, 0.5) is 18.9 Å². The van der Waals surface area contributed by atoms with E-state index in [1.165, 1.54) is 18.2 Å². The molecule has 0 fully saturated rings. The topological polar surface area (TPSA) is 76.4 Å². The van der Waals surface area contributed by atoms with Crippen molar-refractivity contribution < 1.29 is 26.3 Å². The minimum absolute atomic E-state index is 0.0135. The van der Waals surface area contributed by atoms with Crippen LogP contribution in [0.2, 0.25) is 5.02 Å². The highest BCUT2D eigenvalue weighted by molar-refractivity contribution is 7.92. The van der Waals surface area contributed by atoms with Crippen LogP contribution in [0.25, 0.3) is 15.7 Å². The average molecular weight is 402 g/mol. The molecule has 0 aliphatic carbocycles. The predicted octanol–water partition coefficient (Wildman–Crippen LogP) is 4.85. The maximum Gasteiger partial charge on any atom is 0.501 e. The zero-order valence-electron chi connectivity index (χ0n) is 12.5. The molecule has 0 unspecified atom stereocenters. The minimum atomic E-state index is -5.57. The van der Waals surface area contributed by atoms with Crippen LogP contribution >= 0.6 is 11.6 Å². The number of hydrogen-bond donors (Lipinski definition) is 1. The van der Waals surface area contributed by atoms with Crippen LogP contribution in [0.3, 0.4) is 0 Å². The first-order valence-electron chi connectivity index (χ1n) is 6.77. The van der Waals surface area contributed by atoms with Gasteiger partial charge < -0.3 is 4.74 Å². The van der Waals surface area contributed by atoms with Gasteiger partial charge in [0.2, 0.25) is 0 Å². The number of sulfone groups is 1. The predicted molar refractivity (Wildman–Crippen MR) is 87.1 cm³/mol. The summed E-state index contributed by atoms with van der Waals surface area (Å²) in [6.45, 7) is 6.99. The van der Waals surface area contributed by atoms with Gasteiger partial charge in [0.05, 0.1) is 28.7 Å². The number of aromatic nitrogens is 2. The molecule has 1 heterocycles. The molecule has 3 rings (SSSR count). The lowest BCUT2D eigenvalue weighted by Gasteiger charge is -2.12. The zero-order valence-corrected chi connectivity index (χ0v) is 14.1. The standard InChI is InChI=1S/C15H7ClF3N3O3S/c1-20-8-2-3-10(16)12(6-8)25-11-4-5-13(14-9(11)7-21-22-14)26(23,24)15(17,18)19/h2-7H,(H,21,22). The van der Waals surface area contributed by atoms with Crippen molar-refractivity contribution in [1.29, 1.82) is 0 Å². The molecule has 0 aliphatic rings. The number of hydrogen-bond acceptors (Lipinski definition) is 4. The quantitative estimate of drug-likeness (QED) is 0.636. The molecule has 1 N–H and O–H groups in total. The van der Waals surface area contributed by atoms with E-state index in [1.807, 2.05) is 0 Å². The fourth-order valence-electron chi connectivity index (χ4n) is 2.18. The monoisotopic (exact) mass is 401 g/mol. The Balaban J connectivity index is 2.14. The van der Waals surface area contributed by atoms with Crippen molar-refractivity contribution in [2.45, 2.75) is 10.4 Å². The Labute approximate surface area is 149 Å². The number of ether oxygens (including phenoxy) is 1. The number of aromatic amines is 1. The van der Waals surface area contributed by atoms with Crippen LogP contribution in [0.1, 0.15) is 0 Å². The Hall–Kier alpha value is -2.77. The van der Waals surface area contributed by atoms with Gasteiger partial charge in [0.15, 0.2) is 5.69 Å². The lowest BCUT2D eigenvalue weighted by molar-refractivity contribution is -0.0435. The molecule has 11 heteroatoms. The van der Waals surface area contributed by atoms with Gasteiger partial charge in [-0.2, -0.15) is 18.3 Å². The van der Waals surface area contributed by atoms with E-state index in [2.05, 4.69) is 15.0 Å². The van der Waals surface area contributed by atoms with Gasteiger partial charge in [-0.1, -0.05) is 23.7 Å². The number of benzene rings is 2. The second-order valence-electron chi connectivity index (χ2n) is 5.00. The summed E-state index contributed by atoms with van der Waals surface area (Å²) in [4.78, 5) is 2.26. The summed E-state index contributed by atoms with van der Waals surface area (Å²) in [6.07, 6.45) is 1.13. The lowest BCUT2D eigenvalue weighted by Crippen LogP contribution is -2.23. The van der Waals surface area contributed by atoms with Crippen LogP contribution in [0, 0.1) is 6.57 Å². The highest BCUT2D eigenvalue weighted by Crippen LogP contribution is 2.39. The third kappa shape index (κ3) is 2.95. The Bertz CT molecular complexity index is 1150. The lowest BCUT2D eigenvalue weighted by atomic mass is 10.2. The molecule has 2 aromatic carbocycles. The van der Waals surface area contributed by atoms with E-state index in [0.717, 1.165) is 18.3 Å². The van der Waals surface area contributed by atoms with Gasteiger partial charge in [0.25, 0.3) is 9.84 Å². The number of H-pyrrole nitrogens is 1. The molecule has 3 aromatic rings. The molecular formula is C15H7ClF3N3O3S. The van der Waals surface area contributed by atoms with Crippen molar-refractivity contribution in [2.24, 2.45) is 0 Å². The third-order valence-electron chi connectivity index (χ3n) is 3.40. The number of nitrogens with zero attached hydrogens (tertiary/aromatic N) is 2. The molecule has 0 atom stereocenters. The molecule has 134 valence electrons. The van der Waals surface area contributed by atoms with Gasteiger partial charge in [0, 0.05) is 0 Å². The highest BCUT2D eigenvalue weighted by Gasteiger charge is 2.48. The van der Waals surface area contributed by atoms with Crippen LogP contribution < -0.4 is 4.74 Å². The third-order valence-corrected chi connectivity index (χ3v) is 5.24. The second-order valence-corrected chi connectivity index (χ2v) is 7.32. The van der Waals surface area contributed by atoms with Crippen molar-refractivity contribution in [3.05, 3.63) is 53.0 Å². The van der Waals surface area contributed by atoms with E-state index >= 15 is 0 Å². The van der Waals surface area contributed by atoms with Crippen LogP contribution in [-0.4, -0.2) is 24.1 Å². The number of fused-ring (bicyclic) bond motifs is 1. The molecule has 1 aromatic heterocycles. The van der Waals surface area contributed by atoms with Crippen LogP contribution in [0.15, 0.2) is 41.4 Å². The molecule has 26 heavy (non-hydrogen) atoms. The first-order valence-corrected chi connectivity index (χ1v) is 8.63. The molecule has 0 aliphatic heterocycles. The molecule has 0 bridgehead atoms. The second kappa shape index (κ2) is 6.19. The van der Waals surface area contributed by atoms with E-state index in [1.54, 1.807) is 0 Å². The molecular weight excluding hydrogens is 395 g/mol. The normalized spacial score (nSPS) is 12.1. The van der Waals surface area contributed by atoms with E-state index in [0.29, 0.717) is 0 Å². The summed E-state index contributed by atoms with van der Waals surface area (Å²) in [6, 6.07) is 6.08. The maximum atomic E-state index is 12.8. The van der Waals surface area contributed by atoms with Gasteiger partial charge in [-0.05, 0) is 18.2 Å². The SMILES string of the molecule is [C-]#[N+]c1ccc(Cl)c(Oc2ccc(S(=O)(=O)C(F)(F)F)c3[nH]ncc23)c1. The molecule has 0 saturated heterocycles.